The maximum Gasteiger partial charge on any atom is 0.501 e. The number of nitrogens with zero attached hydrogens (tertiary/aromatic N) is 1. The molecule has 0 heterocycles. The first-order valence-electron chi connectivity index (χ1n) is 6.20. The van der Waals surface area contributed by atoms with Crippen molar-refractivity contribution in [2.75, 3.05) is 26.4 Å². The van der Waals surface area contributed by atoms with Crippen molar-refractivity contribution in [3.05, 3.63) is 0 Å². The van der Waals surface area contributed by atoms with E-state index < -0.39 is 8.80 Å². The van der Waals surface area contributed by atoms with Crippen LogP contribution in [-0.2, 0) is 18.1 Å². The minimum Gasteiger partial charge on any atom is -0.374 e. The molecule has 100 valence electrons. The molecule has 0 rings (SSSR count). The second kappa shape index (κ2) is 10.6. The Bertz CT molecular complexity index is 226. The van der Waals surface area contributed by atoms with Crippen molar-refractivity contribution in [2.45, 2.75) is 39.7 Å². The van der Waals surface area contributed by atoms with E-state index in [1.165, 1.54) is 6.08 Å². The summed E-state index contributed by atoms with van der Waals surface area (Å²) in [6.45, 7) is 8.16. The van der Waals surface area contributed by atoms with Crippen molar-refractivity contribution in [2.24, 2.45) is 4.99 Å². The molecule has 0 aliphatic rings. The monoisotopic (exact) mass is 261 g/mol. The van der Waals surface area contributed by atoms with E-state index >= 15 is 0 Å². The lowest BCUT2D eigenvalue weighted by atomic mass is 10.5. The normalized spacial score (nSPS) is 11.2. The van der Waals surface area contributed by atoms with Gasteiger partial charge in [0.1, 0.15) is 0 Å². The van der Waals surface area contributed by atoms with Crippen molar-refractivity contribution in [3.63, 3.8) is 0 Å². The molecule has 0 bridgehead atoms. The fourth-order valence-corrected chi connectivity index (χ4v) is 4.13. The number of rotatable bonds is 11. The first-order chi connectivity index (χ1) is 8.24. The maximum atomic E-state index is 9.98. The standard InChI is InChI=1S/C11H23NO4Si/c1-4-9-16-17(14-5-2,15-6-3)10-7-8-12-11-13/h4-10H2,1-3H3. The molecule has 0 atom stereocenters. The molecule has 6 heteroatoms. The van der Waals surface area contributed by atoms with Crippen LogP contribution < -0.4 is 0 Å². The molecule has 0 aliphatic heterocycles. The van der Waals surface area contributed by atoms with Crippen LogP contribution in [0.4, 0.5) is 0 Å². The molecule has 17 heavy (non-hydrogen) atoms. The van der Waals surface area contributed by atoms with Gasteiger partial charge in [0.05, 0.1) is 6.54 Å². The highest BCUT2D eigenvalue weighted by molar-refractivity contribution is 6.60. The number of hydrogen-bond donors (Lipinski definition) is 0. The molecule has 0 amide bonds. The third-order valence-corrected chi connectivity index (χ3v) is 5.14. The SMILES string of the molecule is CCCO[Si](CCCN=C=O)(OCC)OCC. The van der Waals surface area contributed by atoms with Gasteiger partial charge in [-0.25, -0.2) is 9.79 Å². The molecule has 0 aromatic rings. The Balaban J connectivity index is 4.34. The topological polar surface area (TPSA) is 57.1 Å². The van der Waals surface area contributed by atoms with Gasteiger partial charge >= 0.3 is 8.80 Å². The highest BCUT2D eigenvalue weighted by atomic mass is 28.4. The largest absolute Gasteiger partial charge is 0.501 e. The van der Waals surface area contributed by atoms with Crippen molar-refractivity contribution in [3.8, 4) is 0 Å². The second-order valence-electron chi connectivity index (χ2n) is 3.47. The fraction of sp³-hybridized carbons (Fsp3) is 0.909. The van der Waals surface area contributed by atoms with Gasteiger partial charge < -0.3 is 13.3 Å². The lowest BCUT2D eigenvalue weighted by Gasteiger charge is -2.28. The third-order valence-electron chi connectivity index (χ3n) is 2.07. The Morgan fingerprint density at radius 3 is 2.24 bits per heavy atom. The minimum atomic E-state index is -2.56. The molecule has 0 fully saturated rings. The summed E-state index contributed by atoms with van der Waals surface area (Å²) in [5.41, 5.74) is 0. The van der Waals surface area contributed by atoms with Gasteiger partial charge in [0, 0.05) is 25.9 Å². The molecule has 0 aliphatic carbocycles. The highest BCUT2D eigenvalue weighted by Gasteiger charge is 2.39. The molecule has 0 saturated carbocycles. The second-order valence-corrected chi connectivity index (χ2v) is 6.21. The average Bonchev–Trinajstić information content (AvgIpc) is 2.33. The molecule has 0 spiro atoms. The van der Waals surface area contributed by atoms with Crippen LogP contribution >= 0.6 is 0 Å². The summed E-state index contributed by atoms with van der Waals surface area (Å²) < 4.78 is 17.2. The van der Waals surface area contributed by atoms with E-state index in [9.17, 15) is 4.79 Å². The van der Waals surface area contributed by atoms with Crippen LogP contribution in [0, 0.1) is 0 Å². The predicted octanol–water partition coefficient (Wildman–Crippen LogP) is 2.15. The molecule has 0 N–H and O–H groups in total. The smallest absolute Gasteiger partial charge is 0.374 e. The summed E-state index contributed by atoms with van der Waals surface area (Å²) in [6.07, 6.45) is 3.19. The number of carbonyl (C=O) groups excluding carboxylic acids is 1. The quantitative estimate of drug-likeness (QED) is 0.247. The van der Waals surface area contributed by atoms with Crippen LogP contribution in [0.25, 0.3) is 0 Å². The van der Waals surface area contributed by atoms with Gasteiger partial charge in [0.25, 0.3) is 0 Å². The van der Waals surface area contributed by atoms with Crippen molar-refractivity contribution in [1.29, 1.82) is 0 Å². The summed E-state index contributed by atoms with van der Waals surface area (Å²) in [4.78, 5) is 13.5. The predicted molar refractivity (Wildman–Crippen MR) is 67.7 cm³/mol. The van der Waals surface area contributed by atoms with Crippen molar-refractivity contribution in [1.82, 2.24) is 0 Å². The van der Waals surface area contributed by atoms with Crippen LogP contribution in [0.2, 0.25) is 6.04 Å². The Morgan fingerprint density at radius 2 is 1.76 bits per heavy atom. The molecule has 0 aromatic heterocycles. The summed E-state index contributed by atoms with van der Waals surface area (Å²) in [5, 5.41) is 0. The van der Waals surface area contributed by atoms with E-state index in [1.54, 1.807) is 0 Å². The number of isocyanates is 1. The Kier molecular flexibility index (Phi) is 10.3. The summed E-state index contributed by atoms with van der Waals surface area (Å²) in [7, 11) is -2.56. The lowest BCUT2D eigenvalue weighted by Crippen LogP contribution is -2.46. The average molecular weight is 261 g/mol. The molecular weight excluding hydrogens is 238 g/mol. The summed E-state index contributed by atoms with van der Waals surface area (Å²) >= 11 is 0. The Morgan fingerprint density at radius 1 is 1.12 bits per heavy atom. The zero-order valence-electron chi connectivity index (χ0n) is 11.0. The van der Waals surface area contributed by atoms with Crippen molar-refractivity contribution >= 4 is 14.9 Å². The lowest BCUT2D eigenvalue weighted by molar-refractivity contribution is 0.0668. The van der Waals surface area contributed by atoms with Gasteiger partial charge in [-0.3, -0.25) is 0 Å². The van der Waals surface area contributed by atoms with Crippen LogP contribution in [0.3, 0.4) is 0 Å². The molecule has 0 unspecified atom stereocenters. The van der Waals surface area contributed by atoms with E-state index in [1.807, 2.05) is 20.8 Å². The van der Waals surface area contributed by atoms with Gasteiger partial charge in [-0.1, -0.05) is 6.92 Å². The third kappa shape index (κ3) is 7.41. The van der Waals surface area contributed by atoms with Crippen molar-refractivity contribution < 1.29 is 18.1 Å². The zero-order valence-corrected chi connectivity index (χ0v) is 12.0. The molecule has 0 aromatic carbocycles. The van der Waals surface area contributed by atoms with Gasteiger partial charge in [0.15, 0.2) is 0 Å². The fourth-order valence-electron chi connectivity index (χ4n) is 1.46. The zero-order chi connectivity index (χ0) is 13.0. The molecule has 5 nitrogen and oxygen atoms in total. The van der Waals surface area contributed by atoms with E-state index in [-0.39, 0.29) is 0 Å². The van der Waals surface area contributed by atoms with Crippen LogP contribution in [-0.4, -0.2) is 41.2 Å². The van der Waals surface area contributed by atoms with Crippen LogP contribution in [0.5, 0.6) is 0 Å². The molecular formula is C11H23NO4Si. The Labute approximate surface area is 105 Å². The van der Waals surface area contributed by atoms with Gasteiger partial charge in [-0.05, 0) is 26.7 Å². The summed E-state index contributed by atoms with van der Waals surface area (Å²) in [6, 6.07) is 0.694. The molecule has 0 saturated heterocycles. The van der Waals surface area contributed by atoms with Gasteiger partial charge in [-0.15, -0.1) is 0 Å². The van der Waals surface area contributed by atoms with Gasteiger partial charge in [-0.2, -0.15) is 0 Å². The number of hydrogen-bond acceptors (Lipinski definition) is 5. The summed E-state index contributed by atoms with van der Waals surface area (Å²) in [5.74, 6) is 0. The first kappa shape index (κ1) is 16.5. The van der Waals surface area contributed by atoms with E-state index in [2.05, 4.69) is 4.99 Å². The minimum absolute atomic E-state index is 0.452. The first-order valence-corrected chi connectivity index (χ1v) is 8.13. The number of aliphatic imine (C=N–C) groups is 1. The van der Waals surface area contributed by atoms with E-state index in [0.29, 0.717) is 32.4 Å². The van der Waals surface area contributed by atoms with E-state index in [0.717, 1.165) is 12.8 Å². The molecule has 0 radical (unpaired) electrons. The Hall–Kier alpha value is -0.523. The van der Waals surface area contributed by atoms with Crippen LogP contribution in [0.15, 0.2) is 4.99 Å². The van der Waals surface area contributed by atoms with Crippen LogP contribution in [0.1, 0.15) is 33.6 Å². The van der Waals surface area contributed by atoms with Gasteiger partial charge in [0.2, 0.25) is 6.08 Å². The van der Waals surface area contributed by atoms with E-state index in [4.69, 9.17) is 13.3 Å². The highest BCUT2D eigenvalue weighted by Crippen LogP contribution is 2.18. The maximum absolute atomic E-state index is 9.98.